The van der Waals surface area contributed by atoms with Crippen LogP contribution in [0.4, 0.5) is 0 Å². The van der Waals surface area contributed by atoms with E-state index in [1.807, 2.05) is 35.2 Å². The molecule has 0 saturated carbocycles. The molecular formula is C22H25N4O4+. The molecule has 156 valence electrons. The van der Waals surface area contributed by atoms with E-state index in [2.05, 4.69) is 17.2 Å². The summed E-state index contributed by atoms with van der Waals surface area (Å²) >= 11 is 0. The quantitative estimate of drug-likeness (QED) is 0.686. The van der Waals surface area contributed by atoms with Gasteiger partial charge in [0.1, 0.15) is 0 Å². The minimum Gasteiger partial charge on any atom is -0.493 e. The molecule has 1 aliphatic heterocycles. The predicted octanol–water partition coefficient (Wildman–Crippen LogP) is 1.39. The molecule has 1 saturated heterocycles. The van der Waals surface area contributed by atoms with Gasteiger partial charge in [0.25, 0.3) is 11.8 Å². The number of nitrogens with one attached hydrogen (secondary N) is 1. The lowest BCUT2D eigenvalue weighted by atomic mass is 10.1. The van der Waals surface area contributed by atoms with Gasteiger partial charge in [-0.3, -0.25) is 4.79 Å². The number of hydrogen-bond donors (Lipinski definition) is 1. The number of amides is 1. The van der Waals surface area contributed by atoms with Gasteiger partial charge >= 0.3 is 0 Å². The van der Waals surface area contributed by atoms with Crippen LogP contribution in [-0.4, -0.2) is 68.4 Å². The summed E-state index contributed by atoms with van der Waals surface area (Å²) in [6, 6.07) is 12.8. The van der Waals surface area contributed by atoms with Gasteiger partial charge in [0.2, 0.25) is 5.82 Å². The zero-order chi connectivity index (χ0) is 21.1. The molecule has 0 atom stereocenters. The Kier molecular flexibility index (Phi) is 5.67. The van der Waals surface area contributed by atoms with Crippen LogP contribution < -0.4 is 14.4 Å². The number of nitrogens with zero attached hydrogens (tertiary/aromatic N) is 3. The van der Waals surface area contributed by atoms with Gasteiger partial charge < -0.3 is 23.8 Å². The summed E-state index contributed by atoms with van der Waals surface area (Å²) in [6.45, 7) is 3.36. The van der Waals surface area contributed by atoms with Gasteiger partial charge in [0.05, 0.1) is 58.6 Å². The van der Waals surface area contributed by atoms with Crippen molar-refractivity contribution >= 4 is 5.91 Å². The van der Waals surface area contributed by atoms with Gasteiger partial charge in [-0.25, -0.2) is 0 Å². The Hall–Kier alpha value is -3.39. The molecule has 0 unspecified atom stereocenters. The van der Waals surface area contributed by atoms with Crippen LogP contribution in [0.25, 0.3) is 22.8 Å². The molecule has 1 aliphatic rings. The average Bonchev–Trinajstić information content (AvgIpc) is 3.29. The van der Waals surface area contributed by atoms with E-state index in [0.717, 1.165) is 31.7 Å². The normalized spacial score (nSPS) is 14.6. The number of carbonyl (C=O) groups is 1. The number of likely N-dealkylation sites (N-methyl/N-ethyl adjacent to an activating group) is 1. The number of benzene rings is 2. The first-order valence-corrected chi connectivity index (χ1v) is 9.86. The summed E-state index contributed by atoms with van der Waals surface area (Å²) in [6.07, 6.45) is 0. The number of ether oxygens (including phenoxy) is 2. The maximum absolute atomic E-state index is 13.1. The zero-order valence-corrected chi connectivity index (χ0v) is 17.3. The summed E-state index contributed by atoms with van der Waals surface area (Å²) < 4.78 is 16.1. The second-order valence-electron chi connectivity index (χ2n) is 7.29. The molecule has 0 spiro atoms. The highest BCUT2D eigenvalue weighted by Gasteiger charge is 2.26. The molecule has 1 N–H and O–H groups in total. The number of hydrogen-bond acceptors (Lipinski definition) is 6. The van der Waals surface area contributed by atoms with Crippen molar-refractivity contribution in [2.45, 2.75) is 0 Å². The van der Waals surface area contributed by atoms with E-state index in [1.54, 1.807) is 26.4 Å². The third-order valence-corrected chi connectivity index (χ3v) is 5.36. The van der Waals surface area contributed by atoms with Gasteiger partial charge in [0, 0.05) is 5.56 Å². The van der Waals surface area contributed by atoms with Gasteiger partial charge in [0.15, 0.2) is 11.5 Å². The number of aromatic nitrogens is 2. The van der Waals surface area contributed by atoms with Crippen molar-refractivity contribution in [1.29, 1.82) is 0 Å². The highest BCUT2D eigenvalue weighted by Crippen LogP contribution is 2.32. The van der Waals surface area contributed by atoms with Crippen molar-refractivity contribution in [2.75, 3.05) is 47.4 Å². The smallest absolute Gasteiger partial charge is 0.259 e. The molecule has 1 fully saturated rings. The molecule has 1 amide bonds. The fraction of sp³-hybridized carbons (Fsp3) is 0.318. The minimum absolute atomic E-state index is 0.0102. The second kappa shape index (κ2) is 8.54. The van der Waals surface area contributed by atoms with Crippen molar-refractivity contribution in [3.05, 3.63) is 48.0 Å². The maximum Gasteiger partial charge on any atom is 0.259 e. The predicted molar refractivity (Wildman–Crippen MR) is 111 cm³/mol. The molecule has 30 heavy (non-hydrogen) atoms. The maximum atomic E-state index is 13.1. The standard InChI is InChI=1S/C22H24N4O4/c1-25-10-12-26(13-11-25)22(27)17-7-5-4-6-16(17)21-23-20(24-30-21)15-8-9-18(28-2)19(14-15)29-3/h4-9,14H,10-13H2,1-3H3/p+1. The van der Waals surface area contributed by atoms with E-state index in [1.165, 1.54) is 4.90 Å². The van der Waals surface area contributed by atoms with E-state index in [0.29, 0.717) is 34.3 Å². The Bertz CT molecular complexity index is 1040. The van der Waals surface area contributed by atoms with E-state index < -0.39 is 0 Å². The van der Waals surface area contributed by atoms with Gasteiger partial charge in [-0.1, -0.05) is 17.3 Å². The lowest BCUT2D eigenvalue weighted by Gasteiger charge is -2.30. The molecule has 8 heteroatoms. The third-order valence-electron chi connectivity index (χ3n) is 5.36. The van der Waals surface area contributed by atoms with Crippen molar-refractivity contribution in [2.24, 2.45) is 0 Å². The van der Waals surface area contributed by atoms with E-state index in [-0.39, 0.29) is 5.91 Å². The monoisotopic (exact) mass is 409 g/mol. The second-order valence-corrected chi connectivity index (χ2v) is 7.29. The zero-order valence-electron chi connectivity index (χ0n) is 17.3. The average molecular weight is 409 g/mol. The Morgan fingerprint density at radius 2 is 1.80 bits per heavy atom. The first-order valence-electron chi connectivity index (χ1n) is 9.86. The topological polar surface area (TPSA) is 82.1 Å². The summed E-state index contributed by atoms with van der Waals surface area (Å²) in [7, 11) is 5.30. The molecular weight excluding hydrogens is 384 g/mol. The van der Waals surface area contributed by atoms with Crippen molar-refractivity contribution in [1.82, 2.24) is 15.0 Å². The van der Waals surface area contributed by atoms with E-state index in [9.17, 15) is 4.79 Å². The van der Waals surface area contributed by atoms with Gasteiger partial charge in [-0.05, 0) is 30.3 Å². The van der Waals surface area contributed by atoms with E-state index >= 15 is 0 Å². The van der Waals surface area contributed by atoms with Crippen LogP contribution in [0.2, 0.25) is 0 Å². The Balaban J connectivity index is 1.64. The molecule has 0 aliphatic carbocycles. The summed E-state index contributed by atoms with van der Waals surface area (Å²) in [5.74, 6) is 1.91. The lowest BCUT2D eigenvalue weighted by molar-refractivity contribution is -0.883. The molecule has 4 rings (SSSR count). The van der Waals surface area contributed by atoms with Gasteiger partial charge in [-0.2, -0.15) is 4.98 Å². The number of methoxy groups -OCH3 is 2. The molecule has 2 aromatic carbocycles. The van der Waals surface area contributed by atoms with Crippen molar-refractivity contribution in [3.63, 3.8) is 0 Å². The van der Waals surface area contributed by atoms with Crippen LogP contribution in [0.15, 0.2) is 47.0 Å². The first-order chi connectivity index (χ1) is 14.6. The molecule has 8 nitrogen and oxygen atoms in total. The van der Waals surface area contributed by atoms with Gasteiger partial charge in [-0.15, -0.1) is 0 Å². The summed E-state index contributed by atoms with van der Waals surface area (Å²) in [5, 5.41) is 4.11. The van der Waals surface area contributed by atoms with Crippen molar-refractivity contribution < 1.29 is 23.7 Å². The lowest BCUT2D eigenvalue weighted by Crippen LogP contribution is -3.12. The summed E-state index contributed by atoms with van der Waals surface area (Å²) in [4.78, 5) is 21.0. The number of carbonyl (C=O) groups excluding carboxylic acids is 1. The Morgan fingerprint density at radius 3 is 2.53 bits per heavy atom. The largest absolute Gasteiger partial charge is 0.493 e. The van der Waals surface area contributed by atoms with Crippen LogP contribution in [0, 0.1) is 0 Å². The SMILES string of the molecule is COc1ccc(-c2noc(-c3ccccc3C(=O)N3CC[NH+](C)CC3)n2)cc1OC. The summed E-state index contributed by atoms with van der Waals surface area (Å²) in [5.41, 5.74) is 1.93. The number of piperazine rings is 1. The van der Waals surface area contributed by atoms with Crippen LogP contribution >= 0.6 is 0 Å². The van der Waals surface area contributed by atoms with Crippen LogP contribution in [0.3, 0.4) is 0 Å². The Morgan fingerprint density at radius 1 is 1.07 bits per heavy atom. The van der Waals surface area contributed by atoms with E-state index in [4.69, 9.17) is 14.0 Å². The fourth-order valence-electron chi connectivity index (χ4n) is 3.54. The molecule has 2 heterocycles. The molecule has 0 radical (unpaired) electrons. The van der Waals surface area contributed by atoms with Crippen LogP contribution in [0.1, 0.15) is 10.4 Å². The van der Waals surface area contributed by atoms with Crippen molar-refractivity contribution in [3.8, 4) is 34.3 Å². The third kappa shape index (κ3) is 3.86. The van der Waals surface area contributed by atoms with Crippen LogP contribution in [-0.2, 0) is 0 Å². The first kappa shape index (κ1) is 19.9. The highest BCUT2D eigenvalue weighted by molar-refractivity contribution is 6.00. The molecule has 1 aromatic heterocycles. The number of quaternary nitrogens is 1. The Labute approximate surface area is 175 Å². The highest BCUT2D eigenvalue weighted by atomic mass is 16.5. The fourth-order valence-corrected chi connectivity index (χ4v) is 3.54. The number of rotatable bonds is 5. The van der Waals surface area contributed by atoms with Crippen LogP contribution in [0.5, 0.6) is 11.5 Å². The molecule has 3 aromatic rings. The molecule has 0 bridgehead atoms. The minimum atomic E-state index is -0.0102.